The first-order valence-corrected chi connectivity index (χ1v) is 7.65. The third-order valence-corrected chi connectivity index (χ3v) is 5.02. The van der Waals surface area contributed by atoms with E-state index in [2.05, 4.69) is 32.0 Å². The van der Waals surface area contributed by atoms with Gasteiger partial charge in [-0.15, -0.1) is 11.3 Å². The Bertz CT molecular complexity index is 565. The highest BCUT2D eigenvalue weighted by Gasteiger charge is 2.22. The molecule has 0 amide bonds. The van der Waals surface area contributed by atoms with Gasteiger partial charge in [-0.3, -0.25) is 4.79 Å². The van der Waals surface area contributed by atoms with Crippen LogP contribution in [0.5, 0.6) is 0 Å². The van der Waals surface area contributed by atoms with E-state index in [0.717, 1.165) is 28.1 Å². The molecule has 0 unspecified atom stereocenters. The Hall–Kier alpha value is -0.940. The van der Waals surface area contributed by atoms with Gasteiger partial charge in [-0.25, -0.2) is 4.98 Å². The number of aromatic amines is 1. The molecule has 0 aliphatic heterocycles. The molecule has 0 bridgehead atoms. The number of imidazole rings is 1. The van der Waals surface area contributed by atoms with Crippen molar-refractivity contribution in [1.82, 2.24) is 9.97 Å². The van der Waals surface area contributed by atoms with Crippen molar-refractivity contribution in [2.75, 3.05) is 0 Å². The van der Waals surface area contributed by atoms with E-state index in [1.165, 1.54) is 4.88 Å². The zero-order chi connectivity index (χ0) is 12.5. The lowest BCUT2D eigenvalue weighted by molar-refractivity contribution is -0.120. The maximum atomic E-state index is 11.2. The number of aromatic nitrogens is 2. The Morgan fingerprint density at radius 2 is 2.11 bits per heavy atom. The van der Waals surface area contributed by atoms with Crippen LogP contribution in [0.2, 0.25) is 0 Å². The molecule has 0 saturated heterocycles. The smallest absolute Gasteiger partial charge is 0.132 e. The molecule has 2 aromatic heterocycles. The second-order valence-corrected chi connectivity index (χ2v) is 7.06. The number of rotatable bonds is 2. The van der Waals surface area contributed by atoms with E-state index in [1.807, 2.05) is 12.3 Å². The normalized spacial score (nSPS) is 17.3. The monoisotopic (exact) mass is 324 g/mol. The number of carbonyl (C=O) groups excluding carboxylic acids is 1. The predicted molar refractivity (Wildman–Crippen MR) is 75.8 cm³/mol. The summed E-state index contributed by atoms with van der Waals surface area (Å²) in [6.07, 6.45) is 5.15. The van der Waals surface area contributed by atoms with E-state index in [0.29, 0.717) is 24.5 Å². The molecule has 1 aliphatic carbocycles. The first-order chi connectivity index (χ1) is 8.72. The number of halogens is 1. The summed E-state index contributed by atoms with van der Waals surface area (Å²) in [6.45, 7) is 0. The van der Waals surface area contributed by atoms with Crippen molar-refractivity contribution in [3.05, 3.63) is 27.9 Å². The summed E-state index contributed by atoms with van der Waals surface area (Å²) in [5.41, 5.74) is 1.07. The summed E-state index contributed by atoms with van der Waals surface area (Å²) in [4.78, 5) is 20.3. The van der Waals surface area contributed by atoms with Gasteiger partial charge < -0.3 is 4.98 Å². The van der Waals surface area contributed by atoms with E-state index in [1.54, 1.807) is 11.3 Å². The topological polar surface area (TPSA) is 45.8 Å². The van der Waals surface area contributed by atoms with Gasteiger partial charge in [-0.2, -0.15) is 0 Å². The lowest BCUT2D eigenvalue weighted by Crippen LogP contribution is -2.13. The molecule has 94 valence electrons. The first-order valence-electron chi connectivity index (χ1n) is 6.04. The molecule has 1 aliphatic rings. The average Bonchev–Trinajstić information content (AvgIpc) is 2.98. The number of hydrogen-bond acceptors (Lipinski definition) is 3. The van der Waals surface area contributed by atoms with E-state index in [9.17, 15) is 4.79 Å². The molecule has 1 N–H and O–H groups in total. The van der Waals surface area contributed by atoms with Gasteiger partial charge in [0.05, 0.1) is 20.6 Å². The van der Waals surface area contributed by atoms with E-state index >= 15 is 0 Å². The molecule has 1 saturated carbocycles. The van der Waals surface area contributed by atoms with Crippen LogP contribution in [0.4, 0.5) is 0 Å². The van der Waals surface area contributed by atoms with Gasteiger partial charge in [0, 0.05) is 18.8 Å². The highest BCUT2D eigenvalue weighted by atomic mass is 79.9. The minimum atomic E-state index is 0.389. The van der Waals surface area contributed by atoms with Gasteiger partial charge in [0.25, 0.3) is 0 Å². The van der Waals surface area contributed by atoms with E-state index in [4.69, 9.17) is 0 Å². The van der Waals surface area contributed by atoms with E-state index < -0.39 is 0 Å². The van der Waals surface area contributed by atoms with Gasteiger partial charge in [0.2, 0.25) is 0 Å². The maximum absolute atomic E-state index is 11.2. The second-order valence-electron chi connectivity index (χ2n) is 4.60. The standard InChI is InChI=1S/C13H13BrN2OS/c14-12-6-5-11(18-12)10-7-15-13(16-10)8-1-3-9(17)4-2-8/h5-8H,1-4H2,(H,15,16). The zero-order valence-electron chi connectivity index (χ0n) is 9.78. The SMILES string of the molecule is O=C1CCC(c2ncc(-c3ccc(Br)s3)[nH]2)CC1. The third kappa shape index (κ3) is 2.42. The maximum Gasteiger partial charge on any atom is 0.132 e. The summed E-state index contributed by atoms with van der Waals surface area (Å²) in [5.74, 6) is 1.84. The van der Waals surface area contributed by atoms with Crippen LogP contribution in [0.3, 0.4) is 0 Å². The summed E-state index contributed by atoms with van der Waals surface area (Å²) in [7, 11) is 0. The highest BCUT2D eigenvalue weighted by molar-refractivity contribution is 9.11. The first kappa shape index (κ1) is 12.1. The van der Waals surface area contributed by atoms with Crippen LogP contribution in [0.15, 0.2) is 22.1 Å². The van der Waals surface area contributed by atoms with Gasteiger partial charge in [-0.1, -0.05) is 0 Å². The lowest BCUT2D eigenvalue weighted by Gasteiger charge is -2.18. The molecule has 2 heterocycles. The summed E-state index contributed by atoms with van der Waals surface area (Å²) < 4.78 is 1.12. The van der Waals surface area contributed by atoms with Gasteiger partial charge >= 0.3 is 0 Å². The fourth-order valence-electron chi connectivity index (χ4n) is 2.34. The molecule has 0 aromatic carbocycles. The number of carbonyl (C=O) groups is 1. The third-order valence-electron chi connectivity index (χ3n) is 3.36. The van der Waals surface area contributed by atoms with Gasteiger partial charge in [0.1, 0.15) is 11.6 Å². The van der Waals surface area contributed by atoms with Crippen LogP contribution < -0.4 is 0 Å². The average molecular weight is 325 g/mol. The molecule has 3 nitrogen and oxygen atoms in total. The minimum Gasteiger partial charge on any atom is -0.341 e. The van der Waals surface area contributed by atoms with Crippen molar-refractivity contribution in [1.29, 1.82) is 0 Å². The Morgan fingerprint density at radius 3 is 2.78 bits per heavy atom. The van der Waals surface area contributed by atoms with Crippen molar-refractivity contribution in [2.24, 2.45) is 0 Å². The minimum absolute atomic E-state index is 0.389. The van der Waals surface area contributed by atoms with Crippen LogP contribution in [0, 0.1) is 0 Å². The number of nitrogens with one attached hydrogen (secondary N) is 1. The summed E-state index contributed by atoms with van der Waals surface area (Å²) >= 11 is 5.16. The fraction of sp³-hybridized carbons (Fsp3) is 0.385. The van der Waals surface area contributed by atoms with Crippen molar-refractivity contribution < 1.29 is 4.79 Å². The molecular formula is C13H13BrN2OS. The Morgan fingerprint density at radius 1 is 1.33 bits per heavy atom. The van der Waals surface area contributed by atoms with Crippen LogP contribution in [0.25, 0.3) is 10.6 Å². The second kappa shape index (κ2) is 4.97. The molecule has 1 fully saturated rings. The zero-order valence-corrected chi connectivity index (χ0v) is 12.2. The van der Waals surface area contributed by atoms with Crippen LogP contribution in [-0.4, -0.2) is 15.8 Å². The van der Waals surface area contributed by atoms with Crippen molar-refractivity contribution in [3.63, 3.8) is 0 Å². The molecule has 5 heteroatoms. The summed E-state index contributed by atoms with van der Waals surface area (Å²) in [6, 6.07) is 4.12. The number of thiophene rings is 1. The lowest BCUT2D eigenvalue weighted by atomic mass is 9.88. The van der Waals surface area contributed by atoms with Crippen molar-refractivity contribution in [3.8, 4) is 10.6 Å². The van der Waals surface area contributed by atoms with Gasteiger partial charge in [0.15, 0.2) is 0 Å². The van der Waals surface area contributed by atoms with Crippen LogP contribution in [0.1, 0.15) is 37.4 Å². The molecule has 0 radical (unpaired) electrons. The molecular weight excluding hydrogens is 312 g/mol. The Labute approximate surface area is 118 Å². The number of ketones is 1. The van der Waals surface area contributed by atoms with Crippen LogP contribution in [-0.2, 0) is 4.79 Å². The highest BCUT2D eigenvalue weighted by Crippen LogP contribution is 2.33. The van der Waals surface area contributed by atoms with Gasteiger partial charge in [-0.05, 0) is 40.9 Å². The molecule has 3 rings (SSSR count). The van der Waals surface area contributed by atoms with E-state index in [-0.39, 0.29) is 0 Å². The number of hydrogen-bond donors (Lipinski definition) is 1. The van der Waals surface area contributed by atoms with Crippen LogP contribution >= 0.6 is 27.3 Å². The Balaban J connectivity index is 1.79. The fourth-order valence-corrected chi connectivity index (χ4v) is 3.69. The number of nitrogens with zero attached hydrogens (tertiary/aromatic N) is 1. The van der Waals surface area contributed by atoms with Crippen molar-refractivity contribution >= 4 is 33.0 Å². The molecule has 0 spiro atoms. The summed E-state index contributed by atoms with van der Waals surface area (Å²) in [5, 5.41) is 0. The Kier molecular flexibility index (Phi) is 3.35. The molecule has 18 heavy (non-hydrogen) atoms. The number of H-pyrrole nitrogens is 1. The predicted octanol–water partition coefficient (Wildman–Crippen LogP) is 4.13. The molecule has 0 atom stereocenters. The number of Topliss-reactive ketones (excluding diaryl/α,β-unsaturated/α-hetero) is 1. The molecule has 2 aromatic rings. The van der Waals surface area contributed by atoms with Crippen molar-refractivity contribution in [2.45, 2.75) is 31.6 Å². The quantitative estimate of drug-likeness (QED) is 0.902. The largest absolute Gasteiger partial charge is 0.341 e.